The lowest BCUT2D eigenvalue weighted by molar-refractivity contribution is 0.102. The molecule has 8 rings (SSSR count). The van der Waals surface area contributed by atoms with Gasteiger partial charge in [0.05, 0.1) is 35.0 Å². The summed E-state index contributed by atoms with van der Waals surface area (Å²) in [6.45, 7) is 0. The molecule has 0 fully saturated rings. The predicted octanol–water partition coefficient (Wildman–Crippen LogP) is 7.71. The molecule has 0 bridgehead atoms. The molecule has 8 aromatic rings. The minimum atomic E-state index is -3.70. The van der Waals surface area contributed by atoms with Crippen LogP contribution in [0.15, 0.2) is 126 Å². The standard InChI is InChI=1S/C21H15ClFN3O3S.C15H11BrFN3O3S.C6H6BClO2/c1-30(28,29)26-18-4-2-3-15(19(18)23)20(27)17-11-25-21-16(17)9-13(10-24-21)12-5-7-14(22)8-6-12;1-24(22,23)20-12-4-2-3-9(13(12)17)14(21)11-7-19-15-10(11)5-8(16)6-18-15;8-6-3-1-5(2-4-6)7(9)10/h2-11,26H,1H3,(H,24,25);2-7,20H,1H3,(H,18,19);1-4,9-10H. The number of carbonyl (C=O) groups is 2. The van der Waals surface area contributed by atoms with E-state index in [0.29, 0.717) is 42.0 Å². The smallest absolute Gasteiger partial charge is 0.423 e. The number of benzene rings is 4. The minimum absolute atomic E-state index is 0.226. The Morgan fingerprint density at radius 2 is 1.08 bits per heavy atom. The summed E-state index contributed by atoms with van der Waals surface area (Å²) in [7, 11) is -8.76. The van der Waals surface area contributed by atoms with E-state index in [1.807, 2.05) is 12.1 Å². The van der Waals surface area contributed by atoms with Crippen LogP contribution < -0.4 is 14.9 Å². The van der Waals surface area contributed by atoms with Gasteiger partial charge < -0.3 is 20.0 Å². The topological polar surface area (TPSA) is 224 Å². The van der Waals surface area contributed by atoms with E-state index in [9.17, 15) is 35.2 Å². The second-order valence-electron chi connectivity index (χ2n) is 13.7. The molecule has 4 aromatic carbocycles. The third kappa shape index (κ3) is 11.8. The van der Waals surface area contributed by atoms with Crippen molar-refractivity contribution in [1.82, 2.24) is 19.9 Å². The van der Waals surface area contributed by atoms with Crippen LogP contribution in [0.2, 0.25) is 10.0 Å². The van der Waals surface area contributed by atoms with Crippen molar-refractivity contribution in [2.45, 2.75) is 0 Å². The van der Waals surface area contributed by atoms with Gasteiger partial charge in [-0.1, -0.05) is 59.6 Å². The second kappa shape index (κ2) is 19.8. The first-order valence-corrected chi connectivity index (χ1v) is 23.6. The average Bonchev–Trinajstić information content (AvgIpc) is 3.86. The van der Waals surface area contributed by atoms with Crippen LogP contribution in [0.5, 0.6) is 0 Å². The molecular weight excluding hydrogens is 980 g/mol. The van der Waals surface area contributed by atoms with Crippen molar-refractivity contribution in [3.8, 4) is 11.1 Å². The highest BCUT2D eigenvalue weighted by molar-refractivity contribution is 9.10. The number of fused-ring (bicyclic) bond motifs is 2. The highest BCUT2D eigenvalue weighted by Gasteiger charge is 2.23. The summed E-state index contributed by atoms with van der Waals surface area (Å²) in [4.78, 5) is 40.0. The number of aromatic amines is 2. The van der Waals surface area contributed by atoms with Crippen molar-refractivity contribution in [2.24, 2.45) is 0 Å². The number of sulfonamides is 2. The van der Waals surface area contributed by atoms with Crippen molar-refractivity contribution in [2.75, 3.05) is 22.0 Å². The average molecular weight is 1010 g/mol. The Morgan fingerprint density at radius 1 is 0.641 bits per heavy atom. The van der Waals surface area contributed by atoms with Gasteiger partial charge in [-0.3, -0.25) is 19.0 Å². The number of carbonyl (C=O) groups excluding carboxylic acids is 2. The van der Waals surface area contributed by atoms with Gasteiger partial charge in [0.15, 0.2) is 23.2 Å². The molecular formula is C42H32BBrCl2F2N6O8S2. The predicted molar refractivity (Wildman–Crippen MR) is 248 cm³/mol. The summed E-state index contributed by atoms with van der Waals surface area (Å²) >= 11 is 14.8. The molecule has 328 valence electrons. The van der Waals surface area contributed by atoms with Crippen LogP contribution in [-0.4, -0.2) is 78.0 Å². The monoisotopic (exact) mass is 1010 g/mol. The third-order valence-electron chi connectivity index (χ3n) is 8.94. The van der Waals surface area contributed by atoms with E-state index in [1.54, 1.807) is 60.9 Å². The van der Waals surface area contributed by atoms with Crippen LogP contribution in [-0.2, 0) is 20.0 Å². The zero-order valence-corrected chi connectivity index (χ0v) is 37.8. The summed E-state index contributed by atoms with van der Waals surface area (Å²) in [6, 6.07) is 24.9. The van der Waals surface area contributed by atoms with Gasteiger partial charge in [0.25, 0.3) is 0 Å². The van der Waals surface area contributed by atoms with Crippen LogP contribution in [0, 0.1) is 11.6 Å². The van der Waals surface area contributed by atoms with Crippen molar-refractivity contribution < 1.29 is 45.3 Å². The summed E-state index contributed by atoms with van der Waals surface area (Å²) in [5, 5.41) is 19.5. The third-order valence-corrected chi connectivity index (χ3v) is 11.1. The molecule has 22 heteroatoms. The molecule has 0 aliphatic rings. The normalized spacial score (nSPS) is 11.3. The molecule has 4 aromatic heterocycles. The van der Waals surface area contributed by atoms with Crippen molar-refractivity contribution in [3.63, 3.8) is 0 Å². The number of nitrogens with zero attached hydrogens (tertiary/aromatic N) is 2. The van der Waals surface area contributed by atoms with Crippen LogP contribution >= 0.6 is 39.1 Å². The van der Waals surface area contributed by atoms with Gasteiger partial charge in [-0.25, -0.2) is 35.6 Å². The molecule has 0 radical (unpaired) electrons. The van der Waals surface area contributed by atoms with Gasteiger partial charge in [-0.2, -0.15) is 0 Å². The number of hydrogen-bond acceptors (Lipinski definition) is 10. The molecule has 14 nitrogen and oxygen atoms in total. The molecule has 64 heavy (non-hydrogen) atoms. The molecule has 0 saturated heterocycles. The Morgan fingerprint density at radius 3 is 1.53 bits per heavy atom. The Labute approximate surface area is 383 Å². The van der Waals surface area contributed by atoms with Gasteiger partial charge in [-0.15, -0.1) is 0 Å². The highest BCUT2D eigenvalue weighted by atomic mass is 79.9. The first-order chi connectivity index (χ1) is 30.2. The number of anilines is 2. The SMILES string of the molecule is CS(=O)(=O)Nc1cccc(C(=O)c2c[nH]c3ncc(-c4ccc(Cl)cc4)cc23)c1F.CS(=O)(=O)Nc1cccc(C(=O)c2c[nH]c3ncc(Br)cc23)c1F.OB(O)c1ccc(Cl)cc1. The number of halogens is 5. The number of aromatic nitrogens is 4. The minimum Gasteiger partial charge on any atom is -0.423 e. The molecule has 0 aliphatic heterocycles. The molecule has 0 atom stereocenters. The van der Waals surface area contributed by atoms with E-state index in [0.717, 1.165) is 23.6 Å². The fourth-order valence-corrected chi connectivity index (χ4v) is 7.75. The van der Waals surface area contributed by atoms with Gasteiger partial charge in [0.2, 0.25) is 20.0 Å². The fraction of sp³-hybridized carbons (Fsp3) is 0.0476. The Bertz CT molecular complexity index is 3270. The zero-order valence-electron chi connectivity index (χ0n) is 33.1. The zero-order chi connectivity index (χ0) is 46.5. The quantitative estimate of drug-likeness (QED) is 0.0578. The van der Waals surface area contributed by atoms with Gasteiger partial charge in [0.1, 0.15) is 11.3 Å². The number of H-pyrrole nitrogens is 2. The van der Waals surface area contributed by atoms with Gasteiger partial charge in [-0.05, 0) is 87.6 Å². The van der Waals surface area contributed by atoms with Crippen molar-refractivity contribution in [1.29, 1.82) is 0 Å². The maximum absolute atomic E-state index is 14.8. The van der Waals surface area contributed by atoms with E-state index in [-0.39, 0.29) is 33.6 Å². The van der Waals surface area contributed by atoms with E-state index < -0.39 is 50.4 Å². The Kier molecular flexibility index (Phi) is 14.7. The molecule has 4 heterocycles. The van der Waals surface area contributed by atoms with E-state index in [4.69, 9.17) is 33.2 Å². The Hall–Kier alpha value is -6.00. The number of rotatable bonds is 10. The van der Waals surface area contributed by atoms with Crippen molar-refractivity contribution in [3.05, 3.63) is 170 Å². The molecule has 0 saturated carbocycles. The maximum atomic E-state index is 14.8. The van der Waals surface area contributed by atoms with Crippen LogP contribution in [0.1, 0.15) is 31.8 Å². The first-order valence-electron chi connectivity index (χ1n) is 18.3. The molecule has 0 spiro atoms. The molecule has 6 N–H and O–H groups in total. The van der Waals surface area contributed by atoms with E-state index in [1.165, 1.54) is 48.8 Å². The summed E-state index contributed by atoms with van der Waals surface area (Å²) in [5.74, 6) is -3.03. The first kappa shape index (κ1) is 47.5. The lowest BCUT2D eigenvalue weighted by Gasteiger charge is -2.09. The lowest BCUT2D eigenvalue weighted by atomic mass is 9.81. The van der Waals surface area contributed by atoms with Crippen LogP contribution in [0.3, 0.4) is 0 Å². The number of nitrogens with one attached hydrogen (secondary N) is 4. The molecule has 0 amide bonds. The highest BCUT2D eigenvalue weighted by Crippen LogP contribution is 2.30. The van der Waals surface area contributed by atoms with Gasteiger partial charge >= 0.3 is 7.12 Å². The van der Waals surface area contributed by atoms with E-state index in [2.05, 4.69) is 45.3 Å². The molecule has 0 aliphatic carbocycles. The van der Waals surface area contributed by atoms with Crippen LogP contribution in [0.4, 0.5) is 20.2 Å². The number of hydrogen-bond donors (Lipinski definition) is 6. The second-order valence-corrected chi connectivity index (χ2v) is 19.0. The molecule has 0 unspecified atom stereocenters. The summed E-state index contributed by atoms with van der Waals surface area (Å²) in [6.07, 6.45) is 7.95. The Balaban J connectivity index is 0.000000178. The summed E-state index contributed by atoms with van der Waals surface area (Å²) < 4.78 is 79.7. The lowest BCUT2D eigenvalue weighted by Crippen LogP contribution is -2.29. The fourth-order valence-electron chi connectivity index (χ4n) is 6.05. The maximum Gasteiger partial charge on any atom is 0.488 e. The van der Waals surface area contributed by atoms with Crippen molar-refractivity contribution >= 4 is 117 Å². The number of ketones is 2. The van der Waals surface area contributed by atoms with Crippen LogP contribution in [0.25, 0.3) is 33.2 Å². The van der Waals surface area contributed by atoms with E-state index >= 15 is 0 Å². The van der Waals surface area contributed by atoms with Gasteiger partial charge in [0, 0.05) is 66.8 Å². The summed E-state index contributed by atoms with van der Waals surface area (Å²) in [5.41, 5.74) is 2.47. The largest absolute Gasteiger partial charge is 0.488 e. The number of pyridine rings is 2.